The molecule has 0 aliphatic carbocycles. The molecule has 17 heavy (non-hydrogen) atoms. The van der Waals surface area contributed by atoms with Crippen LogP contribution in [0.2, 0.25) is 0 Å². The molecule has 100 valence electrons. The minimum absolute atomic E-state index is 0. The van der Waals surface area contributed by atoms with E-state index in [9.17, 15) is 0 Å². The van der Waals surface area contributed by atoms with Crippen molar-refractivity contribution in [2.75, 3.05) is 13.6 Å². The van der Waals surface area contributed by atoms with Crippen molar-refractivity contribution in [2.24, 2.45) is 0 Å². The molecule has 0 spiro atoms. The second-order valence-electron chi connectivity index (χ2n) is 4.22. The van der Waals surface area contributed by atoms with Crippen LogP contribution in [-0.4, -0.2) is 13.6 Å². The summed E-state index contributed by atoms with van der Waals surface area (Å²) in [5.74, 6) is 0. The fourth-order valence-corrected chi connectivity index (χ4v) is 1.76. The summed E-state index contributed by atoms with van der Waals surface area (Å²) in [6.07, 6.45) is 14.1. The Morgan fingerprint density at radius 3 is 1.35 bits per heavy atom. The topological polar surface area (TPSA) is 14.1 Å². The first-order valence-corrected chi connectivity index (χ1v) is 7.47. The van der Waals surface area contributed by atoms with Crippen molar-refractivity contribution in [1.29, 1.82) is 0 Å². The van der Waals surface area contributed by atoms with Crippen molar-refractivity contribution in [3.8, 4) is 0 Å². The molecule has 0 aliphatic heterocycles. The molecule has 0 N–H and O–H groups in total. The van der Waals surface area contributed by atoms with Gasteiger partial charge in [-0.05, 0) is 0 Å². The van der Waals surface area contributed by atoms with Crippen LogP contribution in [-0.2, 0) is 0 Å². The summed E-state index contributed by atoms with van der Waals surface area (Å²) < 4.78 is 0. The molecule has 0 aromatic heterocycles. The Kier molecular flexibility index (Phi) is 36.5. The van der Waals surface area contributed by atoms with Crippen LogP contribution in [0.4, 0.5) is 0 Å². The van der Waals surface area contributed by atoms with E-state index in [0.717, 1.165) is 6.54 Å². The summed E-state index contributed by atoms with van der Waals surface area (Å²) in [5, 5.41) is 4.10. The summed E-state index contributed by atoms with van der Waals surface area (Å²) in [6.45, 7) is 7.34. The summed E-state index contributed by atoms with van der Waals surface area (Å²) in [4.78, 5) is 0. The van der Waals surface area contributed by atoms with Gasteiger partial charge in [-0.2, -0.15) is 7.05 Å². The minimum atomic E-state index is 0. The van der Waals surface area contributed by atoms with Crippen molar-refractivity contribution in [1.82, 2.24) is 0 Å². The first-order valence-electron chi connectivity index (χ1n) is 7.47. The van der Waals surface area contributed by atoms with E-state index < -0.39 is 0 Å². The van der Waals surface area contributed by atoms with Crippen LogP contribution in [0, 0.1) is 0 Å². The SMILES string of the molecule is CC.CCCCCCCCCCCC[N-]C.[K+]. The van der Waals surface area contributed by atoms with E-state index in [4.69, 9.17) is 0 Å². The molecule has 0 unspecified atom stereocenters. The molecule has 1 nitrogen and oxygen atoms in total. The first kappa shape index (κ1) is 23.7. The smallest absolute Gasteiger partial charge is 0.665 e. The average molecular weight is 268 g/mol. The third-order valence-corrected chi connectivity index (χ3v) is 2.74. The monoisotopic (exact) mass is 267 g/mol. The summed E-state index contributed by atoms with van der Waals surface area (Å²) in [6, 6.07) is 0. The van der Waals surface area contributed by atoms with E-state index >= 15 is 0 Å². The van der Waals surface area contributed by atoms with Gasteiger partial charge < -0.3 is 5.32 Å². The van der Waals surface area contributed by atoms with Crippen LogP contribution >= 0.6 is 0 Å². The first-order chi connectivity index (χ1) is 7.91. The Hall–Kier alpha value is 1.60. The Morgan fingerprint density at radius 2 is 1.00 bits per heavy atom. The number of rotatable bonds is 11. The Morgan fingerprint density at radius 1 is 0.647 bits per heavy atom. The zero-order valence-electron chi connectivity index (χ0n) is 13.2. The maximum absolute atomic E-state index is 4.10. The maximum Gasteiger partial charge on any atom is 1.00 e. The van der Waals surface area contributed by atoms with Crippen LogP contribution in [0.25, 0.3) is 5.32 Å². The van der Waals surface area contributed by atoms with Gasteiger partial charge >= 0.3 is 51.4 Å². The van der Waals surface area contributed by atoms with Crippen molar-refractivity contribution in [3.05, 3.63) is 5.32 Å². The van der Waals surface area contributed by atoms with Crippen LogP contribution in [0.3, 0.4) is 0 Å². The number of hydrogen-bond acceptors (Lipinski definition) is 0. The standard InChI is InChI=1S/C13H28N.C2H6.K/c1-3-4-5-6-7-8-9-10-11-12-13-14-2;1-2;/h3-13H2,1-2H3;1-2H3;/q-1;;+1. The van der Waals surface area contributed by atoms with Gasteiger partial charge in [0.05, 0.1) is 0 Å². The maximum atomic E-state index is 4.10. The number of unbranched alkanes of at least 4 members (excludes halogenated alkanes) is 9. The largest absolute Gasteiger partial charge is 1.00 e. The molecule has 0 amide bonds. The molecule has 0 fully saturated rings. The Balaban J connectivity index is -0.000000616. The Labute approximate surface area is 153 Å². The van der Waals surface area contributed by atoms with Gasteiger partial charge in [-0.1, -0.05) is 85.0 Å². The van der Waals surface area contributed by atoms with Crippen LogP contribution < -0.4 is 51.4 Å². The van der Waals surface area contributed by atoms with Gasteiger partial charge in [0, 0.05) is 0 Å². The van der Waals surface area contributed by atoms with E-state index in [2.05, 4.69) is 12.2 Å². The molecule has 0 radical (unpaired) electrons. The third kappa shape index (κ3) is 27.0. The van der Waals surface area contributed by atoms with Crippen molar-refractivity contribution >= 4 is 0 Å². The molecule has 0 aromatic rings. The molecular formula is C15H34KN. The van der Waals surface area contributed by atoms with Crippen molar-refractivity contribution in [3.63, 3.8) is 0 Å². The summed E-state index contributed by atoms with van der Waals surface area (Å²) >= 11 is 0. The van der Waals surface area contributed by atoms with E-state index in [1.165, 1.54) is 64.2 Å². The molecule has 0 aliphatic rings. The van der Waals surface area contributed by atoms with Gasteiger partial charge in [0.25, 0.3) is 0 Å². The van der Waals surface area contributed by atoms with Crippen LogP contribution in [0.15, 0.2) is 0 Å². The third-order valence-electron chi connectivity index (χ3n) is 2.74. The van der Waals surface area contributed by atoms with E-state index in [1.54, 1.807) is 0 Å². The molecule has 0 aromatic carbocycles. The van der Waals surface area contributed by atoms with E-state index in [1.807, 2.05) is 20.9 Å². The normalized spacial score (nSPS) is 9.18. The van der Waals surface area contributed by atoms with Crippen molar-refractivity contribution in [2.45, 2.75) is 85.0 Å². The fraction of sp³-hybridized carbons (Fsp3) is 1.00. The summed E-state index contributed by atoms with van der Waals surface area (Å²) in [7, 11) is 1.91. The van der Waals surface area contributed by atoms with Gasteiger partial charge in [-0.15, -0.1) is 6.54 Å². The second-order valence-corrected chi connectivity index (χ2v) is 4.22. The van der Waals surface area contributed by atoms with Gasteiger partial charge in [0.2, 0.25) is 0 Å². The van der Waals surface area contributed by atoms with Gasteiger partial charge in [0.1, 0.15) is 0 Å². The van der Waals surface area contributed by atoms with Gasteiger partial charge in [0.15, 0.2) is 0 Å². The van der Waals surface area contributed by atoms with Crippen LogP contribution in [0.5, 0.6) is 0 Å². The molecule has 0 rings (SSSR count). The minimum Gasteiger partial charge on any atom is -0.665 e. The molecule has 0 atom stereocenters. The predicted molar refractivity (Wildman–Crippen MR) is 77.3 cm³/mol. The molecule has 2 heteroatoms. The predicted octanol–water partition coefficient (Wildman–Crippen LogP) is 2.94. The number of hydrogen-bond donors (Lipinski definition) is 0. The molecule has 0 saturated heterocycles. The van der Waals surface area contributed by atoms with Gasteiger partial charge in [-0.3, -0.25) is 0 Å². The van der Waals surface area contributed by atoms with Gasteiger partial charge in [-0.25, -0.2) is 0 Å². The fourth-order valence-electron chi connectivity index (χ4n) is 1.76. The average Bonchev–Trinajstić information content (AvgIpc) is 2.34. The number of nitrogens with zero attached hydrogens (tertiary/aromatic N) is 1. The van der Waals surface area contributed by atoms with E-state index in [0.29, 0.717) is 0 Å². The van der Waals surface area contributed by atoms with Crippen molar-refractivity contribution < 1.29 is 51.4 Å². The van der Waals surface area contributed by atoms with E-state index in [-0.39, 0.29) is 51.4 Å². The molecule has 0 saturated carbocycles. The molecule has 0 bridgehead atoms. The molecule has 0 heterocycles. The second kappa shape index (κ2) is 26.2. The Bertz CT molecular complexity index is 84.9. The molecular weight excluding hydrogens is 233 g/mol. The van der Waals surface area contributed by atoms with Crippen LogP contribution in [0.1, 0.15) is 85.0 Å². The summed E-state index contributed by atoms with van der Waals surface area (Å²) in [5.41, 5.74) is 0. The quantitative estimate of drug-likeness (QED) is 0.404. The zero-order valence-corrected chi connectivity index (χ0v) is 16.3. The zero-order chi connectivity index (χ0) is 12.5.